The maximum absolute atomic E-state index is 12.7. The normalized spacial score (nSPS) is 18.4. The molecule has 1 aromatic carbocycles. The van der Waals surface area contributed by atoms with Crippen LogP contribution in [-0.4, -0.2) is 49.7 Å². The smallest absolute Gasteiger partial charge is 0.331 e. The first-order valence-electron chi connectivity index (χ1n) is 6.48. The van der Waals surface area contributed by atoms with E-state index in [1.165, 1.54) is 12.0 Å². The van der Waals surface area contributed by atoms with Gasteiger partial charge in [0.05, 0.1) is 20.3 Å². The van der Waals surface area contributed by atoms with Gasteiger partial charge in [0.2, 0.25) is 0 Å². The minimum Gasteiger partial charge on any atom is -0.467 e. The molecule has 0 aliphatic carbocycles. The summed E-state index contributed by atoms with van der Waals surface area (Å²) in [4.78, 5) is 26.0. The number of methoxy groups -OCH3 is 1. The average Bonchev–Trinajstić information content (AvgIpc) is 2.49. The van der Waals surface area contributed by atoms with Crippen LogP contribution in [0.25, 0.3) is 0 Å². The Labute approximate surface area is 131 Å². The molecule has 1 aliphatic rings. The van der Waals surface area contributed by atoms with Gasteiger partial charge in [0.15, 0.2) is 6.04 Å². The van der Waals surface area contributed by atoms with Crippen LogP contribution in [0.5, 0.6) is 0 Å². The second-order valence-electron chi connectivity index (χ2n) is 4.78. The zero-order chi connectivity index (χ0) is 15.6. The van der Waals surface area contributed by atoms with Gasteiger partial charge in [0.1, 0.15) is 0 Å². The van der Waals surface area contributed by atoms with Gasteiger partial charge < -0.3 is 20.1 Å². The van der Waals surface area contributed by atoms with Crippen LogP contribution in [0.4, 0.5) is 5.69 Å². The van der Waals surface area contributed by atoms with Crippen molar-refractivity contribution in [3.05, 3.63) is 27.7 Å². The highest BCUT2D eigenvalue weighted by Gasteiger charge is 2.34. The molecule has 114 valence electrons. The molecule has 6 nitrogen and oxygen atoms in total. The summed E-state index contributed by atoms with van der Waals surface area (Å²) >= 11 is 3.33. The predicted octanol–water partition coefficient (Wildman–Crippen LogP) is 1.35. The van der Waals surface area contributed by atoms with Crippen LogP contribution in [0.1, 0.15) is 15.9 Å². The number of amides is 1. The van der Waals surface area contributed by atoms with Crippen LogP contribution in [0.2, 0.25) is 0 Å². The van der Waals surface area contributed by atoms with E-state index >= 15 is 0 Å². The van der Waals surface area contributed by atoms with Gasteiger partial charge in [-0.05, 0) is 24.6 Å². The number of nitrogens with two attached hydrogens (primary N) is 1. The van der Waals surface area contributed by atoms with Gasteiger partial charge in [-0.1, -0.05) is 15.9 Å². The molecule has 2 rings (SSSR count). The summed E-state index contributed by atoms with van der Waals surface area (Å²) in [6.45, 7) is 2.65. The summed E-state index contributed by atoms with van der Waals surface area (Å²) in [5.41, 5.74) is 7.58. The third-order valence-corrected chi connectivity index (χ3v) is 3.96. The monoisotopic (exact) mass is 356 g/mol. The van der Waals surface area contributed by atoms with Crippen LogP contribution in [0.15, 0.2) is 16.6 Å². The number of benzene rings is 1. The number of nitrogen functional groups attached to an aromatic ring is 1. The Morgan fingerprint density at radius 2 is 2.19 bits per heavy atom. The van der Waals surface area contributed by atoms with Crippen molar-refractivity contribution in [1.29, 1.82) is 0 Å². The molecule has 0 saturated carbocycles. The molecule has 1 atom stereocenters. The zero-order valence-corrected chi connectivity index (χ0v) is 13.5. The van der Waals surface area contributed by atoms with Crippen molar-refractivity contribution >= 4 is 33.5 Å². The predicted molar refractivity (Wildman–Crippen MR) is 81.0 cm³/mol. The number of carbonyl (C=O) groups is 2. The molecule has 7 heteroatoms. The van der Waals surface area contributed by atoms with E-state index in [2.05, 4.69) is 15.9 Å². The second kappa shape index (κ2) is 6.44. The van der Waals surface area contributed by atoms with Crippen molar-refractivity contribution < 1.29 is 19.1 Å². The fourth-order valence-corrected chi connectivity index (χ4v) is 2.73. The van der Waals surface area contributed by atoms with E-state index < -0.39 is 12.0 Å². The van der Waals surface area contributed by atoms with Crippen molar-refractivity contribution in [2.45, 2.75) is 13.0 Å². The summed E-state index contributed by atoms with van der Waals surface area (Å²) in [5, 5.41) is 0. The van der Waals surface area contributed by atoms with Crippen molar-refractivity contribution in [3.63, 3.8) is 0 Å². The minimum absolute atomic E-state index is 0.140. The molecule has 21 heavy (non-hydrogen) atoms. The maximum atomic E-state index is 12.7. The van der Waals surface area contributed by atoms with E-state index in [1.807, 2.05) is 0 Å². The number of hydrogen-bond donors (Lipinski definition) is 1. The summed E-state index contributed by atoms with van der Waals surface area (Å²) in [6, 6.07) is 2.72. The van der Waals surface area contributed by atoms with Gasteiger partial charge in [-0.25, -0.2) is 4.79 Å². The van der Waals surface area contributed by atoms with E-state index in [1.54, 1.807) is 19.1 Å². The van der Waals surface area contributed by atoms with Crippen molar-refractivity contribution in [3.8, 4) is 0 Å². The van der Waals surface area contributed by atoms with Crippen LogP contribution in [0.3, 0.4) is 0 Å². The first-order chi connectivity index (χ1) is 9.95. The van der Waals surface area contributed by atoms with Crippen molar-refractivity contribution in [1.82, 2.24) is 4.90 Å². The molecule has 2 N–H and O–H groups in total. The van der Waals surface area contributed by atoms with Crippen LogP contribution < -0.4 is 5.73 Å². The number of rotatable bonds is 2. The Kier molecular flexibility index (Phi) is 4.84. The first kappa shape index (κ1) is 15.8. The summed E-state index contributed by atoms with van der Waals surface area (Å²) in [6.07, 6.45) is 0. The number of halogens is 1. The quantitative estimate of drug-likeness (QED) is 0.638. The average molecular weight is 357 g/mol. The first-order valence-corrected chi connectivity index (χ1v) is 7.27. The SMILES string of the molecule is COC(=O)C1COCCN1C(=O)c1cc(Br)cc(N)c1C. The number of morpholine rings is 1. The molecule has 1 aliphatic heterocycles. The number of esters is 1. The highest BCUT2D eigenvalue weighted by molar-refractivity contribution is 9.10. The molecule has 1 unspecified atom stereocenters. The summed E-state index contributed by atoms with van der Waals surface area (Å²) < 4.78 is 10.7. The molecule has 1 heterocycles. The van der Waals surface area contributed by atoms with E-state index in [9.17, 15) is 9.59 Å². The molecule has 0 bridgehead atoms. The van der Waals surface area contributed by atoms with Crippen molar-refractivity contribution in [2.75, 3.05) is 32.6 Å². The van der Waals surface area contributed by atoms with Gasteiger partial charge in [-0.3, -0.25) is 4.79 Å². The van der Waals surface area contributed by atoms with Gasteiger partial charge >= 0.3 is 5.97 Å². The Balaban J connectivity index is 2.35. The zero-order valence-electron chi connectivity index (χ0n) is 11.9. The second-order valence-corrected chi connectivity index (χ2v) is 5.70. The Bertz CT molecular complexity index is 576. The lowest BCUT2D eigenvalue weighted by Gasteiger charge is -2.34. The summed E-state index contributed by atoms with van der Waals surface area (Å²) in [7, 11) is 1.29. The largest absolute Gasteiger partial charge is 0.467 e. The number of hydrogen-bond acceptors (Lipinski definition) is 5. The molecule has 1 saturated heterocycles. The Hall–Kier alpha value is -1.60. The van der Waals surface area contributed by atoms with Crippen LogP contribution in [-0.2, 0) is 14.3 Å². The number of ether oxygens (including phenoxy) is 2. The molecule has 1 amide bonds. The minimum atomic E-state index is -0.726. The standard InChI is InChI=1S/C14H17BrN2O4/c1-8-10(5-9(15)6-11(8)16)13(18)17-3-4-21-7-12(17)14(19)20-2/h5-6,12H,3-4,7,16H2,1-2H3. The van der Waals surface area contributed by atoms with Gasteiger partial charge in [0, 0.05) is 22.3 Å². The highest BCUT2D eigenvalue weighted by Crippen LogP contribution is 2.25. The fraction of sp³-hybridized carbons (Fsp3) is 0.429. The van der Waals surface area contributed by atoms with E-state index in [-0.39, 0.29) is 12.5 Å². The molecule has 0 radical (unpaired) electrons. The van der Waals surface area contributed by atoms with E-state index in [0.717, 1.165) is 4.47 Å². The number of nitrogens with zero attached hydrogens (tertiary/aromatic N) is 1. The molecular weight excluding hydrogens is 340 g/mol. The van der Waals surface area contributed by atoms with Gasteiger partial charge in [-0.2, -0.15) is 0 Å². The molecular formula is C14H17BrN2O4. The van der Waals surface area contributed by atoms with Crippen molar-refractivity contribution in [2.24, 2.45) is 0 Å². The molecule has 0 spiro atoms. The topological polar surface area (TPSA) is 81.9 Å². The number of carbonyl (C=O) groups excluding carboxylic acids is 2. The van der Waals surface area contributed by atoms with Crippen LogP contribution >= 0.6 is 15.9 Å². The third-order valence-electron chi connectivity index (χ3n) is 3.51. The summed E-state index contributed by atoms with van der Waals surface area (Å²) in [5.74, 6) is -0.733. The molecule has 0 aromatic heterocycles. The lowest BCUT2D eigenvalue weighted by molar-refractivity contribution is -0.151. The maximum Gasteiger partial charge on any atom is 0.331 e. The van der Waals surface area contributed by atoms with Gasteiger partial charge in [0.25, 0.3) is 5.91 Å². The van der Waals surface area contributed by atoms with E-state index in [0.29, 0.717) is 30.0 Å². The lowest BCUT2D eigenvalue weighted by atomic mass is 10.0. The Morgan fingerprint density at radius 1 is 1.48 bits per heavy atom. The molecule has 1 aromatic rings. The van der Waals surface area contributed by atoms with E-state index in [4.69, 9.17) is 15.2 Å². The van der Waals surface area contributed by atoms with Crippen LogP contribution in [0, 0.1) is 6.92 Å². The Morgan fingerprint density at radius 3 is 2.86 bits per heavy atom. The lowest BCUT2D eigenvalue weighted by Crippen LogP contribution is -2.53. The van der Waals surface area contributed by atoms with Gasteiger partial charge in [-0.15, -0.1) is 0 Å². The fourth-order valence-electron chi connectivity index (χ4n) is 2.26. The highest BCUT2D eigenvalue weighted by atomic mass is 79.9. The third kappa shape index (κ3) is 3.19. The number of anilines is 1. The molecule has 1 fully saturated rings.